The molecular weight excluding hydrogens is 208 g/mol. The van der Waals surface area contributed by atoms with Gasteiger partial charge in [0.2, 0.25) is 0 Å². The SMILES string of the molecule is O=c1[nH]c(CCl)nc2c1CSCC2. The monoisotopic (exact) mass is 216 g/mol. The quantitative estimate of drug-likeness (QED) is 0.720. The van der Waals surface area contributed by atoms with Crippen molar-refractivity contribution in [2.45, 2.75) is 18.1 Å². The van der Waals surface area contributed by atoms with E-state index in [0.717, 1.165) is 29.2 Å². The van der Waals surface area contributed by atoms with E-state index in [1.807, 2.05) is 0 Å². The molecule has 0 amide bonds. The predicted molar refractivity (Wildman–Crippen MR) is 54.3 cm³/mol. The Morgan fingerprint density at radius 1 is 1.62 bits per heavy atom. The van der Waals surface area contributed by atoms with Crippen molar-refractivity contribution in [2.75, 3.05) is 5.75 Å². The highest BCUT2D eigenvalue weighted by Crippen LogP contribution is 2.19. The second-order valence-electron chi connectivity index (χ2n) is 2.87. The van der Waals surface area contributed by atoms with E-state index in [1.165, 1.54) is 0 Å². The van der Waals surface area contributed by atoms with E-state index in [-0.39, 0.29) is 11.4 Å². The third-order valence-electron chi connectivity index (χ3n) is 2.01. The number of hydrogen-bond donors (Lipinski definition) is 1. The first-order valence-corrected chi connectivity index (χ1v) is 5.75. The maximum atomic E-state index is 11.5. The van der Waals surface area contributed by atoms with Crippen molar-refractivity contribution in [1.82, 2.24) is 9.97 Å². The Labute approximate surface area is 84.9 Å². The minimum Gasteiger partial charge on any atom is -0.309 e. The summed E-state index contributed by atoms with van der Waals surface area (Å²) in [5, 5.41) is 0. The molecule has 1 N–H and O–H groups in total. The number of hydrogen-bond acceptors (Lipinski definition) is 3. The van der Waals surface area contributed by atoms with Crippen LogP contribution in [-0.2, 0) is 18.1 Å². The summed E-state index contributed by atoms with van der Waals surface area (Å²) in [5.74, 6) is 2.68. The van der Waals surface area contributed by atoms with Gasteiger partial charge < -0.3 is 4.98 Å². The van der Waals surface area contributed by atoms with Crippen LogP contribution in [0.15, 0.2) is 4.79 Å². The molecule has 1 aromatic rings. The van der Waals surface area contributed by atoms with Crippen molar-refractivity contribution >= 4 is 23.4 Å². The lowest BCUT2D eigenvalue weighted by Gasteiger charge is -2.13. The molecule has 0 atom stereocenters. The first-order chi connectivity index (χ1) is 6.31. The Bertz CT molecular complexity index is 377. The van der Waals surface area contributed by atoms with E-state index in [9.17, 15) is 4.79 Å². The lowest BCUT2D eigenvalue weighted by Crippen LogP contribution is -2.22. The third-order valence-corrected chi connectivity index (χ3v) is 3.25. The van der Waals surface area contributed by atoms with E-state index in [2.05, 4.69) is 9.97 Å². The fourth-order valence-electron chi connectivity index (χ4n) is 1.36. The third kappa shape index (κ3) is 1.74. The standard InChI is InChI=1S/C8H9ClN2OS/c9-3-7-10-6-1-2-13-4-5(6)8(12)11-7/h1-4H2,(H,10,11,12). The second-order valence-corrected chi connectivity index (χ2v) is 4.25. The smallest absolute Gasteiger partial charge is 0.255 e. The minimum absolute atomic E-state index is 0.0205. The molecule has 5 heteroatoms. The fourth-order valence-corrected chi connectivity index (χ4v) is 2.47. The van der Waals surface area contributed by atoms with Crippen LogP contribution in [0.2, 0.25) is 0 Å². The number of aromatic amines is 1. The molecular formula is C8H9ClN2OS. The van der Waals surface area contributed by atoms with Crippen molar-refractivity contribution in [3.8, 4) is 0 Å². The van der Waals surface area contributed by atoms with Gasteiger partial charge >= 0.3 is 0 Å². The number of nitrogens with zero attached hydrogens (tertiary/aromatic N) is 1. The van der Waals surface area contributed by atoms with Crippen LogP contribution >= 0.6 is 23.4 Å². The first kappa shape index (κ1) is 9.09. The molecule has 0 unspecified atom stereocenters. The average Bonchev–Trinajstić information content (AvgIpc) is 2.18. The lowest BCUT2D eigenvalue weighted by atomic mass is 10.2. The zero-order valence-electron chi connectivity index (χ0n) is 6.97. The number of nitrogens with one attached hydrogen (secondary N) is 1. The minimum atomic E-state index is -0.0205. The average molecular weight is 217 g/mol. The fraction of sp³-hybridized carbons (Fsp3) is 0.500. The second kappa shape index (κ2) is 3.72. The summed E-state index contributed by atoms with van der Waals surface area (Å²) in [7, 11) is 0. The summed E-state index contributed by atoms with van der Waals surface area (Å²) in [6.45, 7) is 0. The number of aryl methyl sites for hydroxylation is 1. The molecule has 0 saturated heterocycles. The van der Waals surface area contributed by atoms with Crippen LogP contribution < -0.4 is 5.56 Å². The van der Waals surface area contributed by atoms with E-state index in [0.29, 0.717) is 5.82 Å². The van der Waals surface area contributed by atoms with E-state index >= 15 is 0 Å². The van der Waals surface area contributed by atoms with Gasteiger partial charge in [0.25, 0.3) is 5.56 Å². The van der Waals surface area contributed by atoms with Gasteiger partial charge in [0, 0.05) is 11.3 Å². The van der Waals surface area contributed by atoms with Gasteiger partial charge in [-0.05, 0) is 12.2 Å². The zero-order chi connectivity index (χ0) is 9.26. The summed E-state index contributed by atoms with van der Waals surface area (Å²) in [6, 6.07) is 0. The van der Waals surface area contributed by atoms with Gasteiger partial charge in [-0.15, -0.1) is 11.6 Å². The molecule has 0 fully saturated rings. The number of rotatable bonds is 1. The number of fused-ring (bicyclic) bond motifs is 1. The van der Waals surface area contributed by atoms with Gasteiger partial charge in [0.1, 0.15) is 5.82 Å². The Morgan fingerprint density at radius 2 is 2.46 bits per heavy atom. The maximum absolute atomic E-state index is 11.5. The molecule has 2 rings (SSSR count). The molecule has 0 aliphatic carbocycles. The van der Waals surface area contributed by atoms with Crippen LogP contribution in [0.1, 0.15) is 17.1 Å². The first-order valence-electron chi connectivity index (χ1n) is 4.06. The van der Waals surface area contributed by atoms with Crippen molar-refractivity contribution in [1.29, 1.82) is 0 Å². The highest BCUT2D eigenvalue weighted by Gasteiger charge is 2.15. The van der Waals surface area contributed by atoms with E-state index in [4.69, 9.17) is 11.6 Å². The predicted octanol–water partition coefficient (Wildman–Crippen LogP) is 1.30. The van der Waals surface area contributed by atoms with Gasteiger partial charge in [-0.3, -0.25) is 4.79 Å². The Hall–Kier alpha value is -0.480. The molecule has 1 aliphatic rings. The van der Waals surface area contributed by atoms with E-state index in [1.54, 1.807) is 11.8 Å². The molecule has 2 heterocycles. The molecule has 0 bridgehead atoms. The molecule has 0 radical (unpaired) electrons. The van der Waals surface area contributed by atoms with Crippen LogP contribution in [0.4, 0.5) is 0 Å². The molecule has 70 valence electrons. The largest absolute Gasteiger partial charge is 0.309 e. The number of halogens is 1. The van der Waals surface area contributed by atoms with E-state index < -0.39 is 0 Å². The molecule has 1 aliphatic heterocycles. The topological polar surface area (TPSA) is 45.8 Å². The molecule has 13 heavy (non-hydrogen) atoms. The van der Waals surface area contributed by atoms with Gasteiger partial charge in [-0.2, -0.15) is 11.8 Å². The highest BCUT2D eigenvalue weighted by molar-refractivity contribution is 7.98. The van der Waals surface area contributed by atoms with Gasteiger partial charge in [-0.25, -0.2) is 4.98 Å². The molecule has 0 aromatic carbocycles. The van der Waals surface area contributed by atoms with Gasteiger partial charge in [0.05, 0.1) is 11.6 Å². The summed E-state index contributed by atoms with van der Waals surface area (Å²) >= 11 is 7.38. The molecule has 3 nitrogen and oxygen atoms in total. The lowest BCUT2D eigenvalue weighted by molar-refractivity contribution is 0.882. The van der Waals surface area contributed by atoms with Crippen LogP contribution in [0.3, 0.4) is 0 Å². The van der Waals surface area contributed by atoms with Crippen molar-refractivity contribution in [3.63, 3.8) is 0 Å². The van der Waals surface area contributed by atoms with Crippen molar-refractivity contribution < 1.29 is 0 Å². The maximum Gasteiger partial charge on any atom is 0.255 e. The van der Waals surface area contributed by atoms with Crippen LogP contribution in [0.5, 0.6) is 0 Å². The van der Waals surface area contributed by atoms with Crippen molar-refractivity contribution in [3.05, 3.63) is 27.4 Å². The summed E-state index contributed by atoms with van der Waals surface area (Å²) in [5.41, 5.74) is 1.73. The number of alkyl halides is 1. The highest BCUT2D eigenvalue weighted by atomic mass is 35.5. The van der Waals surface area contributed by atoms with Crippen LogP contribution in [0.25, 0.3) is 0 Å². The number of aromatic nitrogens is 2. The van der Waals surface area contributed by atoms with Gasteiger partial charge in [-0.1, -0.05) is 0 Å². The number of thioether (sulfide) groups is 1. The van der Waals surface area contributed by atoms with Crippen LogP contribution in [0, 0.1) is 0 Å². The Morgan fingerprint density at radius 3 is 3.23 bits per heavy atom. The van der Waals surface area contributed by atoms with Crippen molar-refractivity contribution in [2.24, 2.45) is 0 Å². The summed E-state index contributed by atoms with van der Waals surface area (Å²) in [6.07, 6.45) is 0.883. The number of H-pyrrole nitrogens is 1. The Kier molecular flexibility index (Phi) is 2.60. The van der Waals surface area contributed by atoms with Gasteiger partial charge in [0.15, 0.2) is 0 Å². The summed E-state index contributed by atoms with van der Waals surface area (Å²) in [4.78, 5) is 18.4. The molecule has 1 aromatic heterocycles. The molecule has 0 saturated carbocycles. The molecule has 0 spiro atoms. The Balaban J connectivity index is 2.53. The summed E-state index contributed by atoms with van der Waals surface area (Å²) < 4.78 is 0. The normalized spacial score (nSPS) is 15.5. The zero-order valence-corrected chi connectivity index (χ0v) is 8.54. The van der Waals surface area contributed by atoms with Crippen LogP contribution in [-0.4, -0.2) is 15.7 Å².